The number of aldehydes is 1. The van der Waals surface area contributed by atoms with Gasteiger partial charge >= 0.3 is 0 Å². The number of hydrogen-bond acceptors (Lipinski definition) is 6. The van der Waals surface area contributed by atoms with Gasteiger partial charge in [0.15, 0.2) is 5.60 Å². The first kappa shape index (κ1) is 27.5. The Labute approximate surface area is 231 Å². The number of nitrogens with zero attached hydrogens (tertiary/aromatic N) is 3. The number of carbonyl (C=O) groups is 1. The van der Waals surface area contributed by atoms with Gasteiger partial charge in [-0.25, -0.2) is 18.1 Å². The molecule has 3 aromatic rings. The highest BCUT2D eigenvalue weighted by Gasteiger charge is 2.47. The van der Waals surface area contributed by atoms with Crippen LogP contribution in [0.5, 0.6) is 0 Å². The first-order valence-electron chi connectivity index (χ1n) is 11.5. The van der Waals surface area contributed by atoms with Crippen molar-refractivity contribution in [3.05, 3.63) is 112 Å². The highest BCUT2D eigenvalue weighted by Crippen LogP contribution is 2.37. The maximum absolute atomic E-state index is 13.1. The minimum absolute atomic E-state index is 0.00347. The fourth-order valence-electron chi connectivity index (χ4n) is 3.98. The molecule has 0 amide bonds. The topological polar surface area (TPSA) is 100 Å². The standard InChI is InChI=1S/C27H24Cl2N4O4S/c1-30-26(32-38(35,36)24-15-13-23(29)14-16-24)33-19-27(37-18-6-5-17-34,21-7-3-2-4-8-21)25(31-33)20-9-11-22(28)12-10-20/h2-17H,18-19H2,1H3,(H,30,32)/b6-5+. The Hall–Kier alpha value is -3.50. The van der Waals surface area contributed by atoms with E-state index in [4.69, 9.17) is 33.0 Å². The minimum atomic E-state index is -4.00. The predicted molar refractivity (Wildman–Crippen MR) is 149 cm³/mol. The zero-order valence-electron chi connectivity index (χ0n) is 20.3. The summed E-state index contributed by atoms with van der Waals surface area (Å²) in [6.45, 7) is 0.197. The van der Waals surface area contributed by atoms with E-state index in [1.165, 1.54) is 42.4 Å². The Bertz CT molecular complexity index is 1480. The largest absolute Gasteiger partial charge is 0.358 e. The molecule has 1 aliphatic rings. The molecule has 0 bridgehead atoms. The Morgan fingerprint density at radius 3 is 2.29 bits per heavy atom. The van der Waals surface area contributed by atoms with Gasteiger partial charge in [-0.15, -0.1) is 0 Å². The van der Waals surface area contributed by atoms with Gasteiger partial charge < -0.3 is 4.74 Å². The number of allylic oxidation sites excluding steroid dienone is 1. The van der Waals surface area contributed by atoms with E-state index in [-0.39, 0.29) is 24.0 Å². The molecule has 11 heteroatoms. The minimum Gasteiger partial charge on any atom is -0.358 e. The third-order valence-corrected chi connectivity index (χ3v) is 7.63. The Morgan fingerprint density at radius 2 is 1.68 bits per heavy atom. The van der Waals surface area contributed by atoms with E-state index < -0.39 is 15.6 Å². The fraction of sp³-hybridized carbons (Fsp3) is 0.148. The molecule has 1 atom stereocenters. The maximum Gasteiger partial charge on any atom is 0.264 e. The quantitative estimate of drug-likeness (QED) is 0.184. The number of rotatable bonds is 8. The van der Waals surface area contributed by atoms with Gasteiger partial charge in [0.2, 0.25) is 5.96 Å². The first-order chi connectivity index (χ1) is 18.3. The van der Waals surface area contributed by atoms with Gasteiger partial charge in [0.25, 0.3) is 10.0 Å². The average molecular weight is 571 g/mol. The molecule has 1 N–H and O–H groups in total. The molecule has 1 aliphatic heterocycles. The van der Waals surface area contributed by atoms with Crippen LogP contribution in [0.3, 0.4) is 0 Å². The number of benzene rings is 3. The number of guanidine groups is 1. The van der Waals surface area contributed by atoms with Crippen molar-refractivity contribution >= 4 is 51.2 Å². The van der Waals surface area contributed by atoms with E-state index >= 15 is 0 Å². The maximum atomic E-state index is 13.1. The summed E-state index contributed by atoms with van der Waals surface area (Å²) in [5.74, 6) is -0.00347. The summed E-state index contributed by atoms with van der Waals surface area (Å²) in [5.41, 5.74) is 0.888. The number of nitrogens with one attached hydrogen (secondary N) is 1. The van der Waals surface area contributed by atoms with Crippen LogP contribution in [0.4, 0.5) is 0 Å². The third-order valence-electron chi connectivity index (χ3n) is 5.78. The molecule has 0 radical (unpaired) electrons. The van der Waals surface area contributed by atoms with Crippen molar-refractivity contribution in [3.63, 3.8) is 0 Å². The number of hydrazone groups is 1. The molecular weight excluding hydrogens is 547 g/mol. The molecule has 0 saturated heterocycles. The Morgan fingerprint density at radius 1 is 1.05 bits per heavy atom. The van der Waals surface area contributed by atoms with Crippen LogP contribution < -0.4 is 4.72 Å². The third kappa shape index (κ3) is 5.97. The van der Waals surface area contributed by atoms with Gasteiger partial charge in [0, 0.05) is 22.7 Å². The van der Waals surface area contributed by atoms with Crippen LogP contribution in [0.25, 0.3) is 0 Å². The van der Waals surface area contributed by atoms with Crippen molar-refractivity contribution in [1.29, 1.82) is 0 Å². The second kappa shape index (κ2) is 11.9. The number of aliphatic imine (C=N–C) groups is 1. The summed E-state index contributed by atoms with van der Waals surface area (Å²) in [7, 11) is -2.53. The molecule has 0 fully saturated rings. The molecule has 196 valence electrons. The zero-order chi connectivity index (χ0) is 27.2. The lowest BCUT2D eigenvalue weighted by Crippen LogP contribution is -2.46. The summed E-state index contributed by atoms with van der Waals surface area (Å²) in [6.07, 6.45) is 3.61. The van der Waals surface area contributed by atoms with Crippen molar-refractivity contribution < 1.29 is 17.9 Å². The van der Waals surface area contributed by atoms with Gasteiger partial charge in [-0.1, -0.05) is 71.7 Å². The zero-order valence-corrected chi connectivity index (χ0v) is 22.6. The lowest BCUT2D eigenvalue weighted by molar-refractivity contribution is -0.104. The summed E-state index contributed by atoms with van der Waals surface area (Å²) >= 11 is 12.1. The van der Waals surface area contributed by atoms with Gasteiger partial charge in [-0.3, -0.25) is 9.79 Å². The second-order valence-electron chi connectivity index (χ2n) is 8.19. The van der Waals surface area contributed by atoms with Crippen molar-refractivity contribution in [3.8, 4) is 0 Å². The smallest absolute Gasteiger partial charge is 0.264 e. The van der Waals surface area contributed by atoms with Crippen LogP contribution in [0, 0.1) is 0 Å². The Kier molecular flexibility index (Phi) is 8.63. The van der Waals surface area contributed by atoms with E-state index in [9.17, 15) is 13.2 Å². The molecule has 1 unspecified atom stereocenters. The number of ether oxygens (including phenoxy) is 1. The SMILES string of the molecule is CN=C(NS(=O)(=O)c1ccc(Cl)cc1)N1CC(OC/C=C/C=O)(c2ccccc2)C(c2ccc(Cl)cc2)=N1. The molecular formula is C27H24Cl2N4O4S. The monoisotopic (exact) mass is 570 g/mol. The number of halogens is 2. The fourth-order valence-corrected chi connectivity index (χ4v) is 5.29. The van der Waals surface area contributed by atoms with Crippen LogP contribution in [-0.4, -0.2) is 51.6 Å². The van der Waals surface area contributed by atoms with E-state index in [2.05, 4.69) is 9.71 Å². The van der Waals surface area contributed by atoms with Gasteiger partial charge in [-0.05, 0) is 48.0 Å². The van der Waals surface area contributed by atoms with Crippen LogP contribution in [0.15, 0.2) is 106 Å². The number of carbonyl (C=O) groups excluding carboxylic acids is 1. The number of sulfonamides is 1. The summed E-state index contributed by atoms with van der Waals surface area (Å²) < 4.78 is 35.2. The molecule has 0 spiro atoms. The first-order valence-corrected chi connectivity index (χ1v) is 13.7. The normalized spacial score (nSPS) is 18.0. The van der Waals surface area contributed by atoms with E-state index in [0.29, 0.717) is 22.0 Å². The van der Waals surface area contributed by atoms with Gasteiger partial charge in [0.1, 0.15) is 12.0 Å². The molecule has 3 aromatic carbocycles. The van der Waals surface area contributed by atoms with Crippen molar-refractivity contribution in [2.75, 3.05) is 20.2 Å². The van der Waals surface area contributed by atoms with Gasteiger partial charge in [-0.2, -0.15) is 5.10 Å². The molecule has 4 rings (SSSR count). The molecule has 0 saturated carbocycles. The van der Waals surface area contributed by atoms with Crippen LogP contribution >= 0.6 is 23.2 Å². The summed E-state index contributed by atoms with van der Waals surface area (Å²) in [5, 5.41) is 7.21. The van der Waals surface area contributed by atoms with E-state index in [1.807, 2.05) is 42.5 Å². The average Bonchev–Trinajstić information content (AvgIpc) is 3.31. The molecule has 0 aromatic heterocycles. The molecule has 8 nitrogen and oxygen atoms in total. The summed E-state index contributed by atoms with van der Waals surface area (Å²) in [4.78, 5) is 15.1. The molecule has 1 heterocycles. The van der Waals surface area contributed by atoms with Crippen molar-refractivity contribution in [2.45, 2.75) is 10.5 Å². The van der Waals surface area contributed by atoms with E-state index in [0.717, 1.165) is 11.1 Å². The number of hydrogen-bond donors (Lipinski definition) is 1. The molecule has 0 aliphatic carbocycles. The van der Waals surface area contributed by atoms with Crippen LogP contribution in [0.1, 0.15) is 11.1 Å². The highest BCUT2D eigenvalue weighted by atomic mass is 35.5. The summed E-state index contributed by atoms with van der Waals surface area (Å²) in [6, 6.07) is 22.3. The van der Waals surface area contributed by atoms with Crippen LogP contribution in [-0.2, 0) is 25.2 Å². The van der Waals surface area contributed by atoms with Crippen molar-refractivity contribution in [2.24, 2.45) is 10.1 Å². The van der Waals surface area contributed by atoms with Crippen LogP contribution in [0.2, 0.25) is 10.0 Å². The Balaban J connectivity index is 1.78. The predicted octanol–water partition coefficient (Wildman–Crippen LogP) is 4.64. The van der Waals surface area contributed by atoms with Gasteiger partial charge in [0.05, 0.1) is 18.0 Å². The highest BCUT2D eigenvalue weighted by molar-refractivity contribution is 7.90. The second-order valence-corrected chi connectivity index (χ2v) is 10.7. The lowest BCUT2D eigenvalue weighted by atomic mass is 9.85. The lowest BCUT2D eigenvalue weighted by Gasteiger charge is -2.32. The van der Waals surface area contributed by atoms with Crippen molar-refractivity contribution in [1.82, 2.24) is 9.73 Å². The van der Waals surface area contributed by atoms with E-state index in [1.54, 1.807) is 18.2 Å². The molecule has 38 heavy (non-hydrogen) atoms.